The lowest BCUT2D eigenvalue weighted by Gasteiger charge is -2.14. The van der Waals surface area contributed by atoms with Gasteiger partial charge >= 0.3 is 5.97 Å². The highest BCUT2D eigenvalue weighted by atomic mass is 16.5. The predicted octanol–water partition coefficient (Wildman–Crippen LogP) is 1.26. The number of ether oxygens (including phenoxy) is 1. The van der Waals surface area contributed by atoms with Crippen LogP contribution in [0.25, 0.3) is 0 Å². The van der Waals surface area contributed by atoms with Gasteiger partial charge in [-0.05, 0) is 32.4 Å². The fourth-order valence-electron chi connectivity index (χ4n) is 1.45. The van der Waals surface area contributed by atoms with Crippen LogP contribution in [0.3, 0.4) is 0 Å². The first kappa shape index (κ1) is 14.0. The molecule has 0 heterocycles. The zero-order valence-electron chi connectivity index (χ0n) is 10.8. The lowest BCUT2D eigenvalue weighted by molar-refractivity contribution is -0.128. The van der Waals surface area contributed by atoms with Gasteiger partial charge < -0.3 is 15.8 Å². The van der Waals surface area contributed by atoms with E-state index in [0.717, 1.165) is 5.56 Å². The molecule has 1 rings (SSSR count). The van der Waals surface area contributed by atoms with E-state index in [1.54, 1.807) is 32.0 Å². The summed E-state index contributed by atoms with van der Waals surface area (Å²) in [6.45, 7) is 5.62. The number of benzene rings is 1. The Morgan fingerprint density at radius 1 is 1.44 bits per heavy atom. The van der Waals surface area contributed by atoms with Crippen molar-refractivity contribution < 1.29 is 14.3 Å². The predicted molar refractivity (Wildman–Crippen MR) is 69.2 cm³/mol. The number of hydrogen-bond donors (Lipinski definition) is 2. The van der Waals surface area contributed by atoms with E-state index in [1.807, 2.05) is 0 Å². The Morgan fingerprint density at radius 2 is 2.11 bits per heavy atom. The number of esters is 1. The molecule has 1 amide bonds. The highest BCUT2D eigenvalue weighted by Gasteiger charge is 2.19. The Morgan fingerprint density at radius 3 is 2.72 bits per heavy atom. The van der Waals surface area contributed by atoms with Crippen LogP contribution >= 0.6 is 0 Å². The molecule has 3 N–H and O–H groups in total. The molecule has 1 aromatic rings. The third-order valence-electron chi connectivity index (χ3n) is 2.55. The van der Waals surface area contributed by atoms with Crippen LogP contribution in [0.5, 0.6) is 0 Å². The summed E-state index contributed by atoms with van der Waals surface area (Å²) in [5, 5.41) is 2.58. The molecule has 0 saturated heterocycles. The molecule has 0 radical (unpaired) electrons. The molecule has 0 aliphatic rings. The maximum atomic E-state index is 11.9. The van der Waals surface area contributed by atoms with Gasteiger partial charge in [0.05, 0.1) is 5.56 Å². The van der Waals surface area contributed by atoms with Gasteiger partial charge in [0.1, 0.15) is 0 Å². The first-order valence-corrected chi connectivity index (χ1v) is 5.81. The van der Waals surface area contributed by atoms with Crippen molar-refractivity contribution in [3.63, 3.8) is 0 Å². The average Bonchev–Trinajstić information content (AvgIpc) is 2.32. The molecule has 0 aliphatic carbocycles. The minimum Gasteiger partial charge on any atom is -0.449 e. The quantitative estimate of drug-likeness (QED) is 0.622. The van der Waals surface area contributed by atoms with Crippen LogP contribution < -0.4 is 11.1 Å². The third-order valence-corrected chi connectivity index (χ3v) is 2.55. The minimum absolute atomic E-state index is 0.283. The molecule has 0 bridgehead atoms. The Labute approximate surface area is 106 Å². The summed E-state index contributed by atoms with van der Waals surface area (Å²) in [5.41, 5.74) is 7.26. The third kappa shape index (κ3) is 3.23. The Hall–Kier alpha value is -2.04. The van der Waals surface area contributed by atoms with E-state index >= 15 is 0 Å². The number of hydrogen-bond acceptors (Lipinski definition) is 4. The first-order valence-electron chi connectivity index (χ1n) is 5.81. The van der Waals surface area contributed by atoms with E-state index in [4.69, 9.17) is 10.5 Å². The number of amides is 1. The van der Waals surface area contributed by atoms with Crippen molar-refractivity contribution in [2.45, 2.75) is 26.9 Å². The molecular formula is C13H18N2O3. The summed E-state index contributed by atoms with van der Waals surface area (Å²) >= 11 is 0. The van der Waals surface area contributed by atoms with Gasteiger partial charge in [0, 0.05) is 12.2 Å². The van der Waals surface area contributed by atoms with Gasteiger partial charge in [-0.2, -0.15) is 0 Å². The molecule has 0 aromatic heterocycles. The van der Waals surface area contributed by atoms with Gasteiger partial charge in [0.25, 0.3) is 5.91 Å². The van der Waals surface area contributed by atoms with E-state index in [2.05, 4.69) is 5.32 Å². The van der Waals surface area contributed by atoms with Gasteiger partial charge in [-0.25, -0.2) is 4.79 Å². The summed E-state index contributed by atoms with van der Waals surface area (Å²) in [5.74, 6) is -0.910. The van der Waals surface area contributed by atoms with Gasteiger partial charge in [0.15, 0.2) is 6.10 Å². The van der Waals surface area contributed by atoms with Crippen molar-refractivity contribution in [3.05, 3.63) is 29.3 Å². The molecule has 1 atom stereocenters. The maximum Gasteiger partial charge on any atom is 0.341 e. The molecule has 0 saturated carbocycles. The summed E-state index contributed by atoms with van der Waals surface area (Å²) in [6, 6.07) is 5.10. The molecule has 0 aliphatic heterocycles. The Bertz CT molecular complexity index is 458. The second-order valence-electron chi connectivity index (χ2n) is 3.98. The van der Waals surface area contributed by atoms with Crippen LogP contribution in [-0.4, -0.2) is 24.5 Å². The standard InChI is InChI=1S/C13H18N2O3/c1-4-15-12(16)9(3)18-13(17)10-7-5-6-8(2)11(10)14/h5-7,9H,4,14H2,1-3H3,(H,15,16)/t9-/m0/s1. The van der Waals surface area contributed by atoms with E-state index in [1.165, 1.54) is 6.92 Å². The zero-order chi connectivity index (χ0) is 13.7. The Balaban J connectivity index is 2.77. The van der Waals surface area contributed by atoms with Crippen molar-refractivity contribution in [2.75, 3.05) is 12.3 Å². The van der Waals surface area contributed by atoms with Crippen LogP contribution in [0.4, 0.5) is 5.69 Å². The smallest absolute Gasteiger partial charge is 0.341 e. The highest BCUT2D eigenvalue weighted by Crippen LogP contribution is 2.17. The fourth-order valence-corrected chi connectivity index (χ4v) is 1.45. The van der Waals surface area contributed by atoms with Crippen molar-refractivity contribution in [3.8, 4) is 0 Å². The van der Waals surface area contributed by atoms with Crippen LogP contribution in [-0.2, 0) is 9.53 Å². The molecule has 98 valence electrons. The average molecular weight is 250 g/mol. The molecular weight excluding hydrogens is 232 g/mol. The van der Waals surface area contributed by atoms with E-state index in [0.29, 0.717) is 12.2 Å². The molecule has 5 heteroatoms. The largest absolute Gasteiger partial charge is 0.449 e. The minimum atomic E-state index is -0.836. The van der Waals surface area contributed by atoms with Gasteiger partial charge in [0.2, 0.25) is 0 Å². The number of aryl methyl sites for hydroxylation is 1. The number of carbonyl (C=O) groups is 2. The number of nitrogens with one attached hydrogen (secondary N) is 1. The van der Waals surface area contributed by atoms with Crippen molar-refractivity contribution in [2.24, 2.45) is 0 Å². The van der Waals surface area contributed by atoms with Gasteiger partial charge in [-0.15, -0.1) is 0 Å². The topological polar surface area (TPSA) is 81.4 Å². The van der Waals surface area contributed by atoms with E-state index in [9.17, 15) is 9.59 Å². The highest BCUT2D eigenvalue weighted by molar-refractivity contribution is 5.97. The fraction of sp³-hybridized carbons (Fsp3) is 0.385. The summed E-state index contributed by atoms with van der Waals surface area (Å²) < 4.78 is 5.06. The normalized spacial score (nSPS) is 11.7. The van der Waals surface area contributed by atoms with Crippen molar-refractivity contribution in [1.29, 1.82) is 0 Å². The lowest BCUT2D eigenvalue weighted by Crippen LogP contribution is -2.35. The first-order chi connectivity index (χ1) is 8.47. The Kier molecular flexibility index (Phi) is 4.71. The van der Waals surface area contributed by atoms with Crippen LogP contribution in [0.15, 0.2) is 18.2 Å². The molecule has 0 unspecified atom stereocenters. The number of likely N-dealkylation sites (N-methyl/N-ethyl adjacent to an activating group) is 1. The second kappa shape index (κ2) is 6.05. The van der Waals surface area contributed by atoms with Crippen molar-refractivity contribution >= 4 is 17.6 Å². The number of carbonyl (C=O) groups excluding carboxylic acids is 2. The lowest BCUT2D eigenvalue weighted by atomic mass is 10.1. The molecule has 5 nitrogen and oxygen atoms in total. The van der Waals surface area contributed by atoms with Crippen LogP contribution in [0.2, 0.25) is 0 Å². The van der Waals surface area contributed by atoms with Crippen molar-refractivity contribution in [1.82, 2.24) is 5.32 Å². The molecule has 0 spiro atoms. The summed E-state index contributed by atoms with van der Waals surface area (Å²) in [7, 11) is 0. The van der Waals surface area contributed by atoms with Gasteiger partial charge in [-0.1, -0.05) is 12.1 Å². The molecule has 0 fully saturated rings. The molecule has 1 aromatic carbocycles. The van der Waals surface area contributed by atoms with E-state index in [-0.39, 0.29) is 11.5 Å². The SMILES string of the molecule is CCNC(=O)[C@H](C)OC(=O)c1cccc(C)c1N. The monoisotopic (exact) mass is 250 g/mol. The molecule has 18 heavy (non-hydrogen) atoms. The van der Waals surface area contributed by atoms with Gasteiger partial charge in [-0.3, -0.25) is 4.79 Å². The van der Waals surface area contributed by atoms with Crippen LogP contribution in [0.1, 0.15) is 29.8 Å². The second-order valence-corrected chi connectivity index (χ2v) is 3.98. The van der Waals surface area contributed by atoms with E-state index < -0.39 is 12.1 Å². The number of nitrogens with two attached hydrogens (primary N) is 1. The number of nitrogen functional groups attached to an aromatic ring is 1. The maximum absolute atomic E-state index is 11.9. The van der Waals surface area contributed by atoms with Crippen LogP contribution in [0, 0.1) is 6.92 Å². The number of para-hydroxylation sites is 1. The number of rotatable bonds is 4. The zero-order valence-corrected chi connectivity index (χ0v) is 10.8. The summed E-state index contributed by atoms with van der Waals surface area (Å²) in [4.78, 5) is 23.3. The summed E-state index contributed by atoms with van der Waals surface area (Å²) in [6.07, 6.45) is -0.836. The number of anilines is 1.